The van der Waals surface area contributed by atoms with Crippen molar-refractivity contribution in [3.8, 4) is 16.2 Å². The predicted octanol–water partition coefficient (Wildman–Crippen LogP) is 4.17. The van der Waals surface area contributed by atoms with Crippen molar-refractivity contribution in [1.29, 1.82) is 0 Å². The van der Waals surface area contributed by atoms with Crippen molar-refractivity contribution < 1.29 is 37.3 Å². The topological polar surface area (TPSA) is 130 Å². The monoisotopic (exact) mass is 485 g/mol. The van der Waals surface area contributed by atoms with E-state index in [1.165, 1.54) is 18.2 Å². The number of aliphatic carboxylic acids is 1. The van der Waals surface area contributed by atoms with Gasteiger partial charge in [0.2, 0.25) is 0 Å². The van der Waals surface area contributed by atoms with E-state index in [9.17, 15) is 27.5 Å². The number of halogens is 2. The summed E-state index contributed by atoms with van der Waals surface area (Å²) in [4.78, 5) is 22.1. The Balaban J connectivity index is 1.96. The van der Waals surface area contributed by atoms with Gasteiger partial charge < -0.3 is 14.9 Å². The second-order valence-corrected chi connectivity index (χ2v) is 9.11. The first-order valence-corrected chi connectivity index (χ1v) is 11.0. The Morgan fingerprint density at radius 1 is 1.13 bits per heavy atom. The Morgan fingerprint density at radius 3 is 2.42 bits per heavy atom. The van der Waals surface area contributed by atoms with E-state index in [1.54, 1.807) is 6.07 Å². The van der Waals surface area contributed by atoms with Gasteiger partial charge in [0.25, 0.3) is 10.0 Å². The minimum atomic E-state index is -4.00. The van der Waals surface area contributed by atoms with Crippen LogP contribution in [0.2, 0.25) is 5.02 Å². The Kier molecular flexibility index (Phi) is 6.48. The summed E-state index contributed by atoms with van der Waals surface area (Å²) in [5, 5.41) is 18.0. The molecule has 0 bridgehead atoms. The molecule has 2 aromatic carbocycles. The van der Waals surface area contributed by atoms with Crippen LogP contribution in [0.25, 0.3) is 10.4 Å². The molecular weight excluding hydrogens is 473 g/mol. The maximum absolute atomic E-state index is 13.1. The number of hydrogen-bond acceptors (Lipinski definition) is 6. The van der Waals surface area contributed by atoms with Crippen LogP contribution in [-0.4, -0.2) is 37.2 Å². The summed E-state index contributed by atoms with van der Waals surface area (Å²) in [5.41, 5.74) is 0.526. The van der Waals surface area contributed by atoms with Crippen LogP contribution in [0.3, 0.4) is 0 Å². The van der Waals surface area contributed by atoms with Gasteiger partial charge in [-0.1, -0.05) is 23.7 Å². The molecule has 3 N–H and O–H groups in total. The molecule has 0 aliphatic heterocycles. The van der Waals surface area contributed by atoms with Crippen LogP contribution in [0.5, 0.6) is 5.75 Å². The fraction of sp³-hybridized carbons (Fsp3) is 0.0526. The van der Waals surface area contributed by atoms with E-state index >= 15 is 0 Å². The first-order chi connectivity index (χ1) is 14.6. The Morgan fingerprint density at radius 2 is 1.81 bits per heavy atom. The Labute approximate surface area is 184 Å². The SMILES string of the molecule is O=C(O)COc1c(C(=O)O)sc(-c2cccc(NS(=O)(=O)c3ccc(F)cc3)c2)c1Cl. The average molecular weight is 486 g/mol. The van der Waals surface area contributed by atoms with Crippen molar-refractivity contribution in [2.45, 2.75) is 4.90 Å². The number of benzene rings is 2. The van der Waals surface area contributed by atoms with Crippen LogP contribution in [0.15, 0.2) is 53.4 Å². The lowest BCUT2D eigenvalue weighted by Gasteiger charge is -2.09. The third-order valence-corrected chi connectivity index (χ3v) is 6.92. The number of hydrogen-bond donors (Lipinski definition) is 3. The number of carboxylic acid groups (broad SMARTS) is 2. The lowest BCUT2D eigenvalue weighted by Crippen LogP contribution is -2.12. The summed E-state index contributed by atoms with van der Waals surface area (Å²) in [6.07, 6.45) is 0. The van der Waals surface area contributed by atoms with Gasteiger partial charge in [0.1, 0.15) is 10.8 Å². The molecule has 162 valence electrons. The van der Waals surface area contributed by atoms with Crippen LogP contribution >= 0.6 is 22.9 Å². The molecule has 0 radical (unpaired) electrons. The summed E-state index contributed by atoms with van der Waals surface area (Å²) in [5.74, 6) is -3.53. The van der Waals surface area contributed by atoms with Gasteiger partial charge in [-0.25, -0.2) is 22.4 Å². The van der Waals surface area contributed by atoms with E-state index in [-0.39, 0.29) is 31.1 Å². The number of ether oxygens (including phenoxy) is 1. The van der Waals surface area contributed by atoms with Gasteiger partial charge in [0.15, 0.2) is 17.2 Å². The highest BCUT2D eigenvalue weighted by Gasteiger charge is 2.25. The third-order valence-electron chi connectivity index (χ3n) is 3.84. The highest BCUT2D eigenvalue weighted by molar-refractivity contribution is 7.92. The van der Waals surface area contributed by atoms with Crippen LogP contribution in [0.1, 0.15) is 9.67 Å². The number of rotatable bonds is 8. The maximum atomic E-state index is 13.1. The van der Waals surface area contributed by atoms with E-state index < -0.39 is 34.4 Å². The lowest BCUT2D eigenvalue weighted by atomic mass is 10.1. The van der Waals surface area contributed by atoms with Crippen LogP contribution in [-0.2, 0) is 14.8 Å². The fourth-order valence-electron chi connectivity index (χ4n) is 2.54. The summed E-state index contributed by atoms with van der Waals surface area (Å²) < 4.78 is 45.5. The van der Waals surface area contributed by atoms with Gasteiger partial charge in [0, 0.05) is 5.69 Å². The summed E-state index contributed by atoms with van der Waals surface area (Å²) >= 11 is 7.00. The number of sulfonamides is 1. The zero-order valence-corrected chi connectivity index (χ0v) is 17.7. The molecule has 0 saturated carbocycles. The summed E-state index contributed by atoms with van der Waals surface area (Å²) in [6.45, 7) is -0.784. The Hall–Kier alpha value is -3.15. The van der Waals surface area contributed by atoms with Crippen molar-refractivity contribution in [2.75, 3.05) is 11.3 Å². The van der Waals surface area contributed by atoms with Gasteiger partial charge in [-0.3, -0.25) is 4.72 Å². The largest absolute Gasteiger partial charge is 0.479 e. The van der Waals surface area contributed by atoms with E-state index in [0.29, 0.717) is 5.56 Å². The van der Waals surface area contributed by atoms with Gasteiger partial charge >= 0.3 is 11.9 Å². The molecule has 3 aromatic rings. The average Bonchev–Trinajstić information content (AvgIpc) is 3.03. The number of carboxylic acids is 2. The molecule has 12 heteroatoms. The van der Waals surface area contributed by atoms with Crippen LogP contribution < -0.4 is 9.46 Å². The third kappa shape index (κ3) is 5.13. The highest BCUT2D eigenvalue weighted by atomic mass is 35.5. The molecule has 0 spiro atoms. The van der Waals surface area contributed by atoms with E-state index in [0.717, 1.165) is 35.6 Å². The van der Waals surface area contributed by atoms with Crippen molar-refractivity contribution in [3.05, 3.63) is 64.2 Å². The van der Waals surface area contributed by atoms with Crippen molar-refractivity contribution in [1.82, 2.24) is 0 Å². The van der Waals surface area contributed by atoms with Crippen LogP contribution in [0, 0.1) is 5.82 Å². The quantitative estimate of drug-likeness (QED) is 0.436. The van der Waals surface area contributed by atoms with E-state index in [1.807, 2.05) is 0 Å². The molecule has 31 heavy (non-hydrogen) atoms. The lowest BCUT2D eigenvalue weighted by molar-refractivity contribution is -0.139. The zero-order chi connectivity index (χ0) is 22.8. The smallest absolute Gasteiger partial charge is 0.349 e. The molecule has 0 atom stereocenters. The van der Waals surface area contributed by atoms with Gasteiger partial charge in [-0.15, -0.1) is 11.3 Å². The summed E-state index contributed by atoms with van der Waals surface area (Å²) in [7, 11) is -4.00. The van der Waals surface area contributed by atoms with Gasteiger partial charge in [0.05, 0.1) is 9.77 Å². The maximum Gasteiger partial charge on any atom is 0.349 e. The van der Waals surface area contributed by atoms with E-state index in [2.05, 4.69) is 4.72 Å². The van der Waals surface area contributed by atoms with Crippen molar-refractivity contribution in [3.63, 3.8) is 0 Å². The second-order valence-electron chi connectivity index (χ2n) is 6.03. The minimum Gasteiger partial charge on any atom is -0.479 e. The molecule has 8 nitrogen and oxygen atoms in total. The van der Waals surface area contributed by atoms with Crippen molar-refractivity contribution >= 4 is 50.6 Å². The Bertz CT molecular complexity index is 1260. The molecule has 3 rings (SSSR count). The standard InChI is InChI=1S/C19H13ClFNO7S2/c20-15-16(29-9-14(23)24)18(19(25)26)30-17(15)10-2-1-3-12(8-10)22-31(27,28)13-6-4-11(21)5-7-13/h1-8,22H,9H2,(H,23,24)(H,25,26). The number of carbonyl (C=O) groups is 2. The van der Waals surface area contributed by atoms with E-state index in [4.69, 9.17) is 21.4 Å². The fourth-order valence-corrected chi connectivity index (χ4v) is 4.99. The van der Waals surface area contributed by atoms with Crippen LogP contribution in [0.4, 0.5) is 10.1 Å². The first kappa shape index (κ1) is 22.5. The zero-order valence-electron chi connectivity index (χ0n) is 15.3. The molecule has 0 fully saturated rings. The van der Waals surface area contributed by atoms with Gasteiger partial charge in [-0.2, -0.15) is 0 Å². The molecule has 0 unspecified atom stereocenters. The number of anilines is 1. The highest BCUT2D eigenvalue weighted by Crippen LogP contribution is 2.46. The second kappa shape index (κ2) is 8.92. The molecule has 0 aliphatic carbocycles. The molecular formula is C19H13ClFNO7S2. The molecule has 1 aromatic heterocycles. The number of nitrogens with one attached hydrogen (secondary N) is 1. The molecule has 0 amide bonds. The minimum absolute atomic E-state index is 0.109. The normalized spacial score (nSPS) is 11.2. The molecule has 0 aliphatic rings. The predicted molar refractivity (Wildman–Crippen MR) is 112 cm³/mol. The number of aromatic carboxylic acids is 1. The first-order valence-electron chi connectivity index (χ1n) is 8.37. The molecule has 1 heterocycles. The summed E-state index contributed by atoms with van der Waals surface area (Å²) in [6, 6.07) is 10.2. The van der Waals surface area contributed by atoms with Crippen molar-refractivity contribution in [2.24, 2.45) is 0 Å². The molecule has 0 saturated heterocycles. The number of thiophene rings is 1. The van der Waals surface area contributed by atoms with Gasteiger partial charge in [-0.05, 0) is 42.0 Å².